The van der Waals surface area contributed by atoms with Gasteiger partial charge in [0.15, 0.2) is 0 Å². The summed E-state index contributed by atoms with van der Waals surface area (Å²) in [7, 11) is 0. The zero-order valence-electron chi connectivity index (χ0n) is 11.9. The Morgan fingerprint density at radius 1 is 1.21 bits per heavy atom. The monoisotopic (exact) mass is 255 g/mol. The zero-order chi connectivity index (χ0) is 13.7. The van der Waals surface area contributed by atoms with Crippen LogP contribution in [0, 0.1) is 13.8 Å². The molecule has 100 valence electrons. The molecule has 2 rings (SSSR count). The van der Waals surface area contributed by atoms with Crippen LogP contribution in [0.1, 0.15) is 35.3 Å². The quantitative estimate of drug-likeness (QED) is 0.892. The summed E-state index contributed by atoms with van der Waals surface area (Å²) >= 11 is 0. The normalized spacial score (nSPS) is 12.4. The van der Waals surface area contributed by atoms with Gasteiger partial charge in [0.25, 0.3) is 0 Å². The van der Waals surface area contributed by atoms with E-state index in [2.05, 4.69) is 54.3 Å². The molecule has 3 heteroatoms. The second-order valence-corrected chi connectivity index (χ2v) is 4.87. The Bertz CT molecular complexity index is 523. The predicted octanol–water partition coefficient (Wildman–Crippen LogP) is 2.99. The van der Waals surface area contributed by atoms with E-state index in [0.717, 1.165) is 18.7 Å². The summed E-state index contributed by atoms with van der Waals surface area (Å²) in [5, 5.41) is 3.49. The van der Waals surface area contributed by atoms with Gasteiger partial charge in [0, 0.05) is 18.6 Å². The lowest BCUT2D eigenvalue weighted by molar-refractivity contribution is 0.533. The first-order chi connectivity index (χ1) is 9.20. The molecule has 0 aliphatic carbocycles. The van der Waals surface area contributed by atoms with Gasteiger partial charge in [-0.3, -0.25) is 9.97 Å². The van der Waals surface area contributed by atoms with Gasteiger partial charge in [0.2, 0.25) is 0 Å². The largest absolute Gasteiger partial charge is 0.309 e. The van der Waals surface area contributed by atoms with E-state index in [1.165, 1.54) is 16.7 Å². The lowest BCUT2D eigenvalue weighted by atomic mass is 9.97. The van der Waals surface area contributed by atoms with Gasteiger partial charge in [0.1, 0.15) is 0 Å². The fourth-order valence-corrected chi connectivity index (χ4v) is 2.26. The van der Waals surface area contributed by atoms with Gasteiger partial charge >= 0.3 is 0 Å². The molecule has 0 amide bonds. The highest BCUT2D eigenvalue weighted by Crippen LogP contribution is 2.19. The molecule has 0 saturated carbocycles. The van der Waals surface area contributed by atoms with Crippen LogP contribution >= 0.6 is 0 Å². The number of rotatable bonds is 5. The van der Waals surface area contributed by atoms with Crippen LogP contribution in [-0.4, -0.2) is 16.5 Å². The van der Waals surface area contributed by atoms with E-state index in [4.69, 9.17) is 0 Å². The fraction of sp³-hybridized carbons (Fsp3) is 0.375. The van der Waals surface area contributed by atoms with Crippen molar-refractivity contribution in [3.63, 3.8) is 0 Å². The second kappa shape index (κ2) is 6.43. The molecular formula is C16H21N3. The van der Waals surface area contributed by atoms with E-state index >= 15 is 0 Å². The summed E-state index contributed by atoms with van der Waals surface area (Å²) in [6, 6.07) is 6.82. The van der Waals surface area contributed by atoms with E-state index in [1.807, 2.05) is 6.20 Å². The van der Waals surface area contributed by atoms with E-state index < -0.39 is 0 Å². The molecule has 1 N–H and O–H groups in total. The highest BCUT2D eigenvalue weighted by molar-refractivity contribution is 5.31. The molecule has 0 fully saturated rings. The molecule has 0 aliphatic heterocycles. The predicted molar refractivity (Wildman–Crippen MR) is 78.1 cm³/mol. The number of hydrogen-bond acceptors (Lipinski definition) is 3. The highest BCUT2D eigenvalue weighted by Gasteiger charge is 2.13. The lowest BCUT2D eigenvalue weighted by Gasteiger charge is -2.18. The van der Waals surface area contributed by atoms with Crippen LogP contribution in [0.3, 0.4) is 0 Å². The second-order valence-electron chi connectivity index (χ2n) is 4.87. The maximum atomic E-state index is 4.42. The minimum absolute atomic E-state index is 0.221. The number of aromatic nitrogens is 2. The third kappa shape index (κ3) is 3.61. The summed E-state index contributed by atoms with van der Waals surface area (Å²) < 4.78 is 0. The Morgan fingerprint density at radius 3 is 2.74 bits per heavy atom. The fourth-order valence-electron chi connectivity index (χ4n) is 2.26. The maximum Gasteiger partial charge on any atom is 0.0759 e. The molecule has 1 atom stereocenters. The first-order valence-electron chi connectivity index (χ1n) is 6.76. The molecule has 0 saturated heterocycles. The van der Waals surface area contributed by atoms with Gasteiger partial charge in [-0.1, -0.05) is 30.7 Å². The van der Waals surface area contributed by atoms with Crippen molar-refractivity contribution in [2.24, 2.45) is 0 Å². The van der Waals surface area contributed by atoms with Gasteiger partial charge in [-0.15, -0.1) is 0 Å². The van der Waals surface area contributed by atoms with Crippen molar-refractivity contribution in [3.05, 3.63) is 59.2 Å². The van der Waals surface area contributed by atoms with E-state index in [1.54, 1.807) is 12.4 Å². The summed E-state index contributed by atoms with van der Waals surface area (Å²) in [6.45, 7) is 7.33. The van der Waals surface area contributed by atoms with Crippen LogP contribution in [0.5, 0.6) is 0 Å². The molecule has 1 unspecified atom stereocenters. The van der Waals surface area contributed by atoms with Crippen molar-refractivity contribution in [2.75, 3.05) is 6.54 Å². The minimum atomic E-state index is 0.221. The Balaban J connectivity index is 2.24. The molecule has 1 aromatic heterocycles. The zero-order valence-corrected chi connectivity index (χ0v) is 11.9. The van der Waals surface area contributed by atoms with Crippen molar-refractivity contribution in [3.8, 4) is 0 Å². The number of benzene rings is 1. The molecule has 1 heterocycles. The minimum Gasteiger partial charge on any atom is -0.309 e. The third-order valence-corrected chi connectivity index (χ3v) is 3.32. The van der Waals surface area contributed by atoms with Crippen LogP contribution in [0.2, 0.25) is 0 Å². The van der Waals surface area contributed by atoms with Crippen LogP contribution in [0.25, 0.3) is 0 Å². The number of nitrogens with zero attached hydrogens (tertiary/aromatic N) is 2. The summed E-state index contributed by atoms with van der Waals surface area (Å²) in [5.74, 6) is 0. The summed E-state index contributed by atoms with van der Waals surface area (Å²) in [4.78, 5) is 8.59. The average Bonchev–Trinajstić information content (AvgIpc) is 2.43. The molecule has 3 nitrogen and oxygen atoms in total. The first-order valence-corrected chi connectivity index (χ1v) is 6.76. The molecular weight excluding hydrogens is 234 g/mol. The molecule has 0 radical (unpaired) electrons. The van der Waals surface area contributed by atoms with Gasteiger partial charge in [-0.25, -0.2) is 0 Å². The van der Waals surface area contributed by atoms with Crippen LogP contribution in [0.4, 0.5) is 0 Å². The standard InChI is InChI=1S/C16H21N3/c1-4-18-15(16-11-17-7-8-19-16)10-14-9-12(2)5-6-13(14)3/h5-9,11,15,18H,4,10H2,1-3H3. The number of aryl methyl sites for hydroxylation is 2. The molecule has 0 bridgehead atoms. The van der Waals surface area contributed by atoms with Crippen LogP contribution in [0.15, 0.2) is 36.8 Å². The maximum absolute atomic E-state index is 4.42. The Labute approximate surface area is 115 Å². The first kappa shape index (κ1) is 13.7. The molecule has 19 heavy (non-hydrogen) atoms. The van der Waals surface area contributed by atoms with Crippen molar-refractivity contribution in [1.82, 2.24) is 15.3 Å². The third-order valence-electron chi connectivity index (χ3n) is 3.32. The van der Waals surface area contributed by atoms with Crippen molar-refractivity contribution < 1.29 is 0 Å². The van der Waals surface area contributed by atoms with Gasteiger partial charge in [-0.2, -0.15) is 0 Å². The number of nitrogens with one attached hydrogen (secondary N) is 1. The Morgan fingerprint density at radius 2 is 2.05 bits per heavy atom. The molecule has 2 aromatic rings. The summed E-state index contributed by atoms with van der Waals surface area (Å²) in [6.07, 6.45) is 6.26. The topological polar surface area (TPSA) is 37.8 Å². The van der Waals surface area contributed by atoms with Crippen molar-refractivity contribution in [2.45, 2.75) is 33.2 Å². The molecule has 0 spiro atoms. The Hall–Kier alpha value is -1.74. The smallest absolute Gasteiger partial charge is 0.0759 e. The van der Waals surface area contributed by atoms with Crippen molar-refractivity contribution in [1.29, 1.82) is 0 Å². The average molecular weight is 255 g/mol. The van der Waals surface area contributed by atoms with E-state index in [0.29, 0.717) is 0 Å². The van der Waals surface area contributed by atoms with E-state index in [9.17, 15) is 0 Å². The van der Waals surface area contributed by atoms with Gasteiger partial charge in [-0.05, 0) is 37.9 Å². The van der Waals surface area contributed by atoms with Gasteiger partial charge in [0.05, 0.1) is 11.7 Å². The van der Waals surface area contributed by atoms with Crippen molar-refractivity contribution >= 4 is 0 Å². The van der Waals surface area contributed by atoms with Crippen LogP contribution in [-0.2, 0) is 6.42 Å². The van der Waals surface area contributed by atoms with Gasteiger partial charge < -0.3 is 5.32 Å². The molecule has 0 aliphatic rings. The number of likely N-dealkylation sites (N-methyl/N-ethyl adjacent to an activating group) is 1. The summed E-state index contributed by atoms with van der Waals surface area (Å²) in [5.41, 5.74) is 5.01. The molecule has 1 aromatic carbocycles. The van der Waals surface area contributed by atoms with Crippen LogP contribution < -0.4 is 5.32 Å². The Kier molecular flexibility index (Phi) is 4.63. The van der Waals surface area contributed by atoms with E-state index in [-0.39, 0.29) is 6.04 Å². The highest BCUT2D eigenvalue weighted by atomic mass is 14.9. The lowest BCUT2D eigenvalue weighted by Crippen LogP contribution is -2.24. The number of hydrogen-bond donors (Lipinski definition) is 1. The SMILES string of the molecule is CCNC(Cc1cc(C)ccc1C)c1cnccn1.